The second-order valence-electron chi connectivity index (χ2n) is 7.27. The van der Waals surface area contributed by atoms with Crippen molar-refractivity contribution < 1.29 is 17.9 Å². The first-order valence-electron chi connectivity index (χ1n) is 10.1. The van der Waals surface area contributed by atoms with E-state index in [1.54, 1.807) is 14.2 Å². The summed E-state index contributed by atoms with van der Waals surface area (Å²) in [4.78, 5) is 4.19. The third-order valence-corrected chi connectivity index (χ3v) is 6.24. The highest BCUT2D eigenvalue weighted by atomic mass is 127. The summed E-state index contributed by atoms with van der Waals surface area (Å²) < 4.78 is 38.1. The van der Waals surface area contributed by atoms with Crippen molar-refractivity contribution in [3.8, 4) is 5.75 Å². The minimum Gasteiger partial charge on any atom is -0.496 e. The van der Waals surface area contributed by atoms with Gasteiger partial charge in [0.25, 0.3) is 0 Å². The van der Waals surface area contributed by atoms with Gasteiger partial charge in [-0.2, -0.15) is 0 Å². The normalized spacial score (nSPS) is 18.3. The van der Waals surface area contributed by atoms with E-state index < -0.39 is 10.0 Å². The van der Waals surface area contributed by atoms with Crippen LogP contribution in [0.1, 0.15) is 43.4 Å². The Hall–Kier alpha value is -1.11. The molecule has 0 amide bonds. The topological polar surface area (TPSA) is 101 Å². The van der Waals surface area contributed by atoms with Crippen molar-refractivity contribution in [1.29, 1.82) is 0 Å². The zero-order chi connectivity index (χ0) is 21.3. The second kappa shape index (κ2) is 13.3. The maximum Gasteiger partial charge on any atom is 0.213 e. The molecule has 0 bridgehead atoms. The standard InChI is InChI=1S/C20H34N4O4S.HI/c1-15-8-9-19(27-4)18(13-15)16(2)24-20(21-3)22-10-12-29(25,26)23-14-17-7-5-6-11-28-17;/h8-9,13,16-17,23H,5-7,10-12,14H2,1-4H3,(H2,21,22,24);1H. The molecule has 1 fully saturated rings. The van der Waals surface area contributed by atoms with Crippen LogP contribution in [0.3, 0.4) is 0 Å². The lowest BCUT2D eigenvalue weighted by molar-refractivity contribution is 0.0200. The lowest BCUT2D eigenvalue weighted by Gasteiger charge is -2.23. The van der Waals surface area contributed by atoms with Crippen LogP contribution in [0.15, 0.2) is 23.2 Å². The molecule has 8 nitrogen and oxygen atoms in total. The summed E-state index contributed by atoms with van der Waals surface area (Å²) >= 11 is 0. The Balaban J connectivity index is 0.00000450. The Morgan fingerprint density at radius 2 is 2.13 bits per heavy atom. The van der Waals surface area contributed by atoms with Gasteiger partial charge < -0.3 is 20.1 Å². The molecular weight excluding hydrogens is 519 g/mol. The highest BCUT2D eigenvalue weighted by Crippen LogP contribution is 2.25. The largest absolute Gasteiger partial charge is 0.496 e. The number of ether oxygens (including phenoxy) is 2. The van der Waals surface area contributed by atoms with Gasteiger partial charge in [0.2, 0.25) is 10.0 Å². The second-order valence-corrected chi connectivity index (χ2v) is 9.19. The van der Waals surface area contributed by atoms with Crippen molar-refractivity contribution in [2.75, 3.05) is 39.6 Å². The van der Waals surface area contributed by atoms with E-state index >= 15 is 0 Å². The molecule has 10 heteroatoms. The van der Waals surface area contributed by atoms with Crippen molar-refractivity contribution in [3.05, 3.63) is 29.3 Å². The van der Waals surface area contributed by atoms with E-state index in [9.17, 15) is 8.42 Å². The zero-order valence-electron chi connectivity index (χ0n) is 18.2. The number of rotatable bonds is 9. The fraction of sp³-hybridized carbons (Fsp3) is 0.650. The molecule has 0 saturated carbocycles. The Morgan fingerprint density at radius 3 is 2.77 bits per heavy atom. The highest BCUT2D eigenvalue weighted by molar-refractivity contribution is 14.0. The molecule has 1 heterocycles. The van der Waals surface area contributed by atoms with Crippen LogP contribution in [0.4, 0.5) is 0 Å². The Kier molecular flexibility index (Phi) is 12.0. The number of hydrogen-bond acceptors (Lipinski definition) is 5. The molecule has 172 valence electrons. The summed E-state index contributed by atoms with van der Waals surface area (Å²) in [5.74, 6) is 1.29. The first-order valence-corrected chi connectivity index (χ1v) is 11.7. The first kappa shape index (κ1) is 26.9. The van der Waals surface area contributed by atoms with Gasteiger partial charge in [-0.25, -0.2) is 13.1 Å². The molecule has 0 radical (unpaired) electrons. The van der Waals surface area contributed by atoms with Crippen LogP contribution in [-0.4, -0.2) is 60.1 Å². The molecule has 30 heavy (non-hydrogen) atoms. The van der Waals surface area contributed by atoms with Gasteiger partial charge in [0.05, 0.1) is 25.0 Å². The van der Waals surface area contributed by atoms with E-state index in [2.05, 4.69) is 26.4 Å². The minimum absolute atomic E-state index is 0. The average molecular weight is 554 g/mol. The monoisotopic (exact) mass is 554 g/mol. The van der Waals surface area contributed by atoms with Crippen LogP contribution in [0.2, 0.25) is 0 Å². The predicted molar refractivity (Wildman–Crippen MR) is 131 cm³/mol. The van der Waals surface area contributed by atoms with Crippen LogP contribution in [0.25, 0.3) is 0 Å². The Morgan fingerprint density at radius 1 is 1.37 bits per heavy atom. The number of nitrogens with zero attached hydrogens (tertiary/aromatic N) is 1. The molecule has 0 aliphatic carbocycles. The van der Waals surface area contributed by atoms with Gasteiger partial charge >= 0.3 is 0 Å². The number of benzene rings is 1. The Labute approximate surface area is 197 Å². The fourth-order valence-electron chi connectivity index (χ4n) is 3.23. The van der Waals surface area contributed by atoms with Crippen molar-refractivity contribution in [2.24, 2.45) is 4.99 Å². The van der Waals surface area contributed by atoms with Crippen LogP contribution in [0.5, 0.6) is 5.75 Å². The number of aliphatic imine (C=N–C) groups is 1. The van der Waals surface area contributed by atoms with Crippen LogP contribution in [-0.2, 0) is 14.8 Å². The van der Waals surface area contributed by atoms with Crippen molar-refractivity contribution in [3.63, 3.8) is 0 Å². The summed E-state index contributed by atoms with van der Waals surface area (Å²) in [7, 11) is -0.0786. The van der Waals surface area contributed by atoms with Gasteiger partial charge in [0.15, 0.2) is 5.96 Å². The van der Waals surface area contributed by atoms with Gasteiger partial charge in [0.1, 0.15) is 5.75 Å². The number of hydrogen-bond donors (Lipinski definition) is 3. The van der Waals surface area contributed by atoms with Crippen molar-refractivity contribution in [1.82, 2.24) is 15.4 Å². The lowest BCUT2D eigenvalue weighted by Crippen LogP contribution is -2.43. The summed E-state index contributed by atoms with van der Waals surface area (Å²) in [6, 6.07) is 5.94. The van der Waals surface area contributed by atoms with Crippen molar-refractivity contribution in [2.45, 2.75) is 45.3 Å². The van der Waals surface area contributed by atoms with Crippen LogP contribution < -0.4 is 20.1 Å². The fourth-order valence-corrected chi connectivity index (χ4v) is 4.19. The van der Waals surface area contributed by atoms with E-state index in [1.807, 2.05) is 26.0 Å². The summed E-state index contributed by atoms with van der Waals surface area (Å²) in [6.07, 6.45) is 3.01. The molecule has 1 saturated heterocycles. The van der Waals surface area contributed by atoms with E-state index in [1.165, 1.54) is 0 Å². The average Bonchev–Trinajstić information content (AvgIpc) is 2.72. The molecular formula is C20H35IN4O4S. The van der Waals surface area contributed by atoms with Gasteiger partial charge in [-0.05, 0) is 39.2 Å². The number of nitrogens with one attached hydrogen (secondary N) is 3. The summed E-state index contributed by atoms with van der Waals surface area (Å²) in [5.41, 5.74) is 2.15. The predicted octanol–water partition coefficient (Wildman–Crippen LogP) is 2.34. The SMILES string of the molecule is CN=C(NCCS(=O)(=O)NCC1CCCCO1)NC(C)c1cc(C)ccc1OC.I. The highest BCUT2D eigenvalue weighted by Gasteiger charge is 2.18. The number of halogens is 1. The first-order chi connectivity index (χ1) is 13.8. The van der Waals surface area contributed by atoms with Gasteiger partial charge in [0, 0.05) is 32.3 Å². The minimum atomic E-state index is -3.38. The van der Waals surface area contributed by atoms with Gasteiger partial charge in [-0.1, -0.05) is 17.7 Å². The third kappa shape index (κ3) is 8.94. The molecule has 1 aliphatic heterocycles. The molecule has 0 aromatic heterocycles. The van der Waals surface area contributed by atoms with Gasteiger partial charge in [-0.3, -0.25) is 4.99 Å². The lowest BCUT2D eigenvalue weighted by atomic mass is 10.0. The van der Waals surface area contributed by atoms with Crippen LogP contribution in [0, 0.1) is 6.92 Å². The number of guanidine groups is 1. The van der Waals surface area contributed by atoms with E-state index in [-0.39, 0.29) is 48.4 Å². The summed E-state index contributed by atoms with van der Waals surface area (Å²) in [5, 5.41) is 6.34. The molecule has 2 rings (SSSR count). The third-order valence-electron chi connectivity index (χ3n) is 4.90. The molecule has 0 spiro atoms. The maximum absolute atomic E-state index is 12.2. The van der Waals surface area contributed by atoms with E-state index in [0.717, 1.165) is 36.1 Å². The quantitative estimate of drug-likeness (QED) is 0.246. The van der Waals surface area contributed by atoms with E-state index in [0.29, 0.717) is 19.1 Å². The maximum atomic E-state index is 12.2. The van der Waals surface area contributed by atoms with Crippen LogP contribution >= 0.6 is 24.0 Å². The number of methoxy groups -OCH3 is 1. The molecule has 1 aromatic rings. The summed E-state index contributed by atoms with van der Waals surface area (Å²) in [6.45, 7) is 5.32. The Bertz CT molecular complexity index is 783. The van der Waals surface area contributed by atoms with Gasteiger partial charge in [-0.15, -0.1) is 24.0 Å². The number of aryl methyl sites for hydroxylation is 1. The molecule has 2 atom stereocenters. The molecule has 3 N–H and O–H groups in total. The molecule has 1 aromatic carbocycles. The number of sulfonamides is 1. The van der Waals surface area contributed by atoms with Crippen molar-refractivity contribution >= 4 is 40.0 Å². The smallest absolute Gasteiger partial charge is 0.213 e. The zero-order valence-corrected chi connectivity index (χ0v) is 21.4. The molecule has 1 aliphatic rings. The molecule has 2 unspecified atom stereocenters. The van der Waals surface area contributed by atoms with E-state index in [4.69, 9.17) is 9.47 Å².